The molecular formula is C27H45NO4. The molecule has 10 atom stereocenters. The van der Waals surface area contributed by atoms with E-state index >= 15 is 0 Å². The highest BCUT2D eigenvalue weighted by Gasteiger charge is 2.61. The Morgan fingerprint density at radius 2 is 1.88 bits per heavy atom. The number of rotatable bonds is 7. The highest BCUT2D eigenvalue weighted by Crippen LogP contribution is 2.64. The molecule has 0 bridgehead atoms. The van der Waals surface area contributed by atoms with Crippen LogP contribution in [0.5, 0.6) is 0 Å². The van der Waals surface area contributed by atoms with E-state index in [0.717, 1.165) is 64.2 Å². The van der Waals surface area contributed by atoms with Crippen molar-refractivity contribution in [2.24, 2.45) is 40.9 Å². The Morgan fingerprint density at radius 1 is 1.12 bits per heavy atom. The highest BCUT2D eigenvalue weighted by molar-refractivity contribution is 5.79. The Kier molecular flexibility index (Phi) is 7.36. The number of ketones is 1. The number of unbranched alkanes of at least 4 members (excludes halogenated alkanes) is 1. The Labute approximate surface area is 194 Å². The fraction of sp³-hybridized carbons (Fsp3) is 0.926. The third-order valence-corrected chi connectivity index (χ3v) is 10.1. The molecule has 4 fully saturated rings. The van der Waals surface area contributed by atoms with Crippen LogP contribution in [0.2, 0.25) is 0 Å². The molecule has 0 aromatic heterocycles. The molecule has 0 heterocycles. The minimum Gasteiger partial charge on any atom is -0.461 e. The van der Waals surface area contributed by atoms with Crippen LogP contribution in [0.15, 0.2) is 0 Å². The van der Waals surface area contributed by atoms with E-state index in [-0.39, 0.29) is 35.6 Å². The summed E-state index contributed by atoms with van der Waals surface area (Å²) in [6.45, 7) is 6.22. The fourth-order valence-corrected chi connectivity index (χ4v) is 8.68. The van der Waals surface area contributed by atoms with Gasteiger partial charge in [-0.25, -0.2) is 0 Å². The maximum atomic E-state index is 13.3. The lowest BCUT2D eigenvalue weighted by molar-refractivity contribution is -0.182. The quantitative estimate of drug-likeness (QED) is 0.562. The van der Waals surface area contributed by atoms with Gasteiger partial charge in [0, 0.05) is 11.8 Å². The number of fused-ring (bicyclic) bond motifs is 5. The number of aliphatic hydroxyl groups excluding tert-OH is 1. The highest BCUT2D eigenvalue weighted by atomic mass is 16.5. The summed E-state index contributed by atoms with van der Waals surface area (Å²) in [4.78, 5) is 25.8. The second-order valence-corrected chi connectivity index (χ2v) is 11.7. The second-order valence-electron chi connectivity index (χ2n) is 11.7. The molecule has 0 aromatic carbocycles. The first-order valence-electron chi connectivity index (χ1n) is 13.4. The number of Topliss-reactive ketones (excluding diaryl/α,β-unsaturated/α-hetero) is 1. The molecule has 4 aliphatic carbocycles. The van der Waals surface area contributed by atoms with Crippen LogP contribution < -0.4 is 5.32 Å². The predicted octanol–water partition coefficient (Wildman–Crippen LogP) is 4.51. The Balaban J connectivity index is 1.62. The number of hydrogen-bond acceptors (Lipinski definition) is 5. The van der Waals surface area contributed by atoms with Gasteiger partial charge >= 0.3 is 5.97 Å². The predicted molar refractivity (Wildman–Crippen MR) is 125 cm³/mol. The maximum Gasteiger partial charge on any atom is 0.323 e. The zero-order valence-electron chi connectivity index (χ0n) is 20.6. The number of ether oxygens (including phenoxy) is 1. The molecule has 0 radical (unpaired) electrons. The molecule has 4 aliphatic rings. The number of hydrogen-bond donors (Lipinski definition) is 2. The van der Waals surface area contributed by atoms with Crippen LogP contribution in [0.4, 0.5) is 0 Å². The van der Waals surface area contributed by atoms with E-state index in [2.05, 4.69) is 19.2 Å². The lowest BCUT2D eigenvalue weighted by Crippen LogP contribution is -2.57. The van der Waals surface area contributed by atoms with Crippen LogP contribution in [0, 0.1) is 40.9 Å². The number of likely N-dealkylation sites (N-methyl/N-ethyl adjacent to an activating group) is 1. The smallest absolute Gasteiger partial charge is 0.323 e. The van der Waals surface area contributed by atoms with Gasteiger partial charge in [0.15, 0.2) is 0 Å². The van der Waals surface area contributed by atoms with E-state index in [9.17, 15) is 14.7 Å². The summed E-state index contributed by atoms with van der Waals surface area (Å²) in [7, 11) is 1.85. The summed E-state index contributed by atoms with van der Waals surface area (Å²) < 4.78 is 6.41. The summed E-state index contributed by atoms with van der Waals surface area (Å²) in [6.07, 6.45) is 10.7. The largest absolute Gasteiger partial charge is 0.461 e. The molecule has 0 aliphatic heterocycles. The Bertz CT molecular complexity index is 695. The topological polar surface area (TPSA) is 75.6 Å². The van der Waals surface area contributed by atoms with Crippen LogP contribution in [-0.4, -0.2) is 42.2 Å². The molecule has 5 heteroatoms. The Morgan fingerprint density at radius 3 is 2.56 bits per heavy atom. The molecule has 4 rings (SSSR count). The van der Waals surface area contributed by atoms with Crippen LogP contribution >= 0.6 is 0 Å². The first kappa shape index (κ1) is 24.2. The molecule has 1 unspecified atom stereocenters. The Hall–Kier alpha value is -0.940. The molecule has 0 saturated heterocycles. The van der Waals surface area contributed by atoms with E-state index in [0.29, 0.717) is 35.4 Å². The van der Waals surface area contributed by atoms with Crippen molar-refractivity contribution < 1.29 is 19.4 Å². The number of nitrogens with one attached hydrogen (secondary N) is 1. The minimum atomic E-state index is -0.251. The summed E-state index contributed by atoms with van der Waals surface area (Å²) >= 11 is 0. The number of carbonyl (C=O) groups excluding carboxylic acids is 2. The van der Waals surface area contributed by atoms with Gasteiger partial charge in [-0.05, 0) is 101 Å². The molecule has 2 N–H and O–H groups in total. The lowest BCUT2D eigenvalue weighted by atomic mass is 9.48. The van der Waals surface area contributed by atoms with Crippen LogP contribution in [0.1, 0.15) is 91.4 Å². The standard InChI is InChI=1S/C27H45NO4/c1-5-6-7-23(28-4)26(31)32-24-15-27(3)21(16(2)29)12-13-22(27)20-10-8-17-14-18(30)9-11-19(17)25(20)24/h17-25,28,30H,5-15H2,1-4H3/t17-,18+,19-,20-,21+,22-,23?,24-,25+,27+/m0/s1. The van der Waals surface area contributed by atoms with Crippen molar-refractivity contribution in [2.45, 2.75) is 110 Å². The van der Waals surface area contributed by atoms with Gasteiger partial charge in [0.05, 0.1) is 6.10 Å². The monoisotopic (exact) mass is 447 g/mol. The molecule has 0 spiro atoms. The molecule has 0 aromatic rings. The second kappa shape index (κ2) is 9.74. The zero-order valence-corrected chi connectivity index (χ0v) is 20.6. The summed E-state index contributed by atoms with van der Waals surface area (Å²) in [5.41, 5.74) is -0.0580. The third-order valence-electron chi connectivity index (χ3n) is 10.1. The van der Waals surface area contributed by atoms with Gasteiger partial charge in [-0.1, -0.05) is 26.7 Å². The van der Waals surface area contributed by atoms with Crippen molar-refractivity contribution in [3.8, 4) is 0 Å². The summed E-state index contributed by atoms with van der Waals surface area (Å²) in [5, 5.41) is 13.5. The van der Waals surface area contributed by atoms with Crippen molar-refractivity contribution >= 4 is 11.8 Å². The van der Waals surface area contributed by atoms with Gasteiger partial charge in [0.1, 0.15) is 17.9 Å². The van der Waals surface area contributed by atoms with Gasteiger partial charge in [-0.3, -0.25) is 9.59 Å². The van der Waals surface area contributed by atoms with Crippen LogP contribution in [-0.2, 0) is 14.3 Å². The van der Waals surface area contributed by atoms with Crippen molar-refractivity contribution in [1.82, 2.24) is 5.32 Å². The fourth-order valence-electron chi connectivity index (χ4n) is 8.68. The van der Waals surface area contributed by atoms with Crippen molar-refractivity contribution in [3.63, 3.8) is 0 Å². The SMILES string of the molecule is CCCCC(NC)C(=O)O[C@H]1C[C@]2(C)[C@@H](C(C)=O)CC[C@H]2[C@@H]2CC[C@H]3C[C@H](O)CC[C@@H]3[C@H]21. The number of carbonyl (C=O) groups is 2. The van der Waals surface area contributed by atoms with E-state index in [4.69, 9.17) is 4.74 Å². The molecule has 32 heavy (non-hydrogen) atoms. The van der Waals surface area contributed by atoms with E-state index in [1.165, 1.54) is 6.42 Å². The van der Waals surface area contributed by atoms with Gasteiger partial charge < -0.3 is 15.2 Å². The van der Waals surface area contributed by atoms with Crippen molar-refractivity contribution in [3.05, 3.63) is 0 Å². The third kappa shape index (κ3) is 4.29. The molecule has 4 saturated carbocycles. The van der Waals surface area contributed by atoms with Crippen molar-refractivity contribution in [1.29, 1.82) is 0 Å². The van der Waals surface area contributed by atoms with Gasteiger partial charge in [-0.2, -0.15) is 0 Å². The zero-order chi connectivity index (χ0) is 23.0. The molecular weight excluding hydrogens is 402 g/mol. The normalized spacial score (nSPS) is 44.2. The number of esters is 1. The molecule has 5 nitrogen and oxygen atoms in total. The van der Waals surface area contributed by atoms with Gasteiger partial charge in [-0.15, -0.1) is 0 Å². The molecule has 182 valence electrons. The van der Waals surface area contributed by atoms with Gasteiger partial charge in [0.2, 0.25) is 0 Å². The van der Waals surface area contributed by atoms with Crippen LogP contribution in [0.3, 0.4) is 0 Å². The lowest BCUT2D eigenvalue weighted by Gasteiger charge is -2.58. The minimum absolute atomic E-state index is 0.0580. The van der Waals surface area contributed by atoms with Gasteiger partial charge in [0.25, 0.3) is 0 Å². The average Bonchev–Trinajstić information content (AvgIpc) is 3.10. The van der Waals surface area contributed by atoms with Crippen molar-refractivity contribution in [2.75, 3.05) is 7.05 Å². The van der Waals surface area contributed by atoms with E-state index < -0.39 is 0 Å². The average molecular weight is 448 g/mol. The summed E-state index contributed by atoms with van der Waals surface area (Å²) in [6, 6.07) is -0.251. The number of aliphatic hydroxyl groups is 1. The first-order chi connectivity index (χ1) is 15.3. The van der Waals surface area contributed by atoms with E-state index in [1.54, 1.807) is 6.92 Å². The van der Waals surface area contributed by atoms with E-state index in [1.807, 2.05) is 7.05 Å². The summed E-state index contributed by atoms with van der Waals surface area (Å²) in [5.74, 6) is 2.88. The first-order valence-corrected chi connectivity index (χ1v) is 13.4. The maximum absolute atomic E-state index is 13.3. The van der Waals surface area contributed by atoms with Crippen LogP contribution in [0.25, 0.3) is 0 Å². The molecule has 0 amide bonds.